The van der Waals surface area contributed by atoms with Crippen LogP contribution in [-0.4, -0.2) is 37.7 Å². The number of nitriles is 1. The third-order valence-corrected chi connectivity index (χ3v) is 3.81. The van der Waals surface area contributed by atoms with Crippen molar-refractivity contribution in [3.05, 3.63) is 0 Å². The summed E-state index contributed by atoms with van der Waals surface area (Å²) in [5.74, 6) is -0.324. The Hall–Kier alpha value is -1.01. The van der Waals surface area contributed by atoms with Crippen LogP contribution in [0.25, 0.3) is 0 Å². The molecule has 21 heavy (non-hydrogen) atoms. The van der Waals surface area contributed by atoms with Crippen molar-refractivity contribution in [2.75, 3.05) is 13.7 Å². The van der Waals surface area contributed by atoms with Gasteiger partial charge < -0.3 is 10.1 Å². The monoisotopic (exact) mass is 318 g/mol. The van der Waals surface area contributed by atoms with Crippen molar-refractivity contribution in [3.63, 3.8) is 0 Å². The molecule has 0 aromatic rings. The first-order valence-electron chi connectivity index (χ1n) is 6.42. The molecule has 0 aromatic carbocycles. The minimum atomic E-state index is -5.50. The maximum absolute atomic E-state index is 12.3. The molecular formula is C12H16F6N2O. The first kappa shape index (κ1) is 18.0. The number of halogens is 6. The molecule has 1 aliphatic rings. The maximum atomic E-state index is 12.3. The van der Waals surface area contributed by atoms with Gasteiger partial charge >= 0.3 is 12.4 Å². The van der Waals surface area contributed by atoms with Crippen LogP contribution in [0.3, 0.4) is 0 Å². The maximum Gasteiger partial charge on any atom is 0.423 e. The van der Waals surface area contributed by atoms with E-state index in [-0.39, 0.29) is 12.3 Å². The summed E-state index contributed by atoms with van der Waals surface area (Å²) in [7, 11) is 1.55. The van der Waals surface area contributed by atoms with Crippen LogP contribution >= 0.6 is 0 Å². The molecule has 0 spiro atoms. The lowest BCUT2D eigenvalue weighted by Gasteiger charge is -2.29. The fraction of sp³-hybridized carbons (Fsp3) is 0.917. The molecule has 0 bridgehead atoms. The molecule has 0 aliphatic heterocycles. The van der Waals surface area contributed by atoms with E-state index in [0.29, 0.717) is 19.3 Å². The summed E-state index contributed by atoms with van der Waals surface area (Å²) in [6.45, 7) is -0.695. The zero-order valence-corrected chi connectivity index (χ0v) is 11.3. The lowest BCUT2D eigenvalue weighted by Crippen LogP contribution is -2.47. The van der Waals surface area contributed by atoms with E-state index in [4.69, 9.17) is 5.26 Å². The average Bonchev–Trinajstić information content (AvgIpc) is 2.75. The summed E-state index contributed by atoms with van der Waals surface area (Å²) in [4.78, 5) is 0. The van der Waals surface area contributed by atoms with E-state index in [1.54, 1.807) is 7.05 Å². The lowest BCUT2D eigenvalue weighted by molar-refractivity contribution is -0.322. The minimum absolute atomic E-state index is 0.0307. The van der Waals surface area contributed by atoms with E-state index in [2.05, 4.69) is 16.1 Å². The topological polar surface area (TPSA) is 45.0 Å². The summed E-state index contributed by atoms with van der Waals surface area (Å²) in [6, 6.07) is 2.06. The van der Waals surface area contributed by atoms with Gasteiger partial charge in [0.15, 0.2) is 0 Å². The molecule has 0 amide bonds. The standard InChI is InChI=1S/C12H16F6N2O/c1-20-10(7-19)5-2-3-8(10)4-6-21-9(11(13,14)15)12(16,17)18/h8-9,20H,2-6H2,1H3. The average molecular weight is 318 g/mol. The SMILES string of the molecule is CNC1(C#N)CCCC1CCOC(C(F)(F)F)C(F)(F)F. The second-order valence-electron chi connectivity index (χ2n) is 5.05. The molecule has 1 aliphatic carbocycles. The Bertz CT molecular complexity index is 375. The molecule has 3 nitrogen and oxygen atoms in total. The van der Waals surface area contributed by atoms with Crippen molar-refractivity contribution in [3.8, 4) is 6.07 Å². The number of hydrogen-bond donors (Lipinski definition) is 1. The van der Waals surface area contributed by atoms with E-state index >= 15 is 0 Å². The van der Waals surface area contributed by atoms with E-state index in [1.165, 1.54) is 0 Å². The third kappa shape index (κ3) is 4.23. The van der Waals surface area contributed by atoms with Crippen LogP contribution in [-0.2, 0) is 4.74 Å². The largest absolute Gasteiger partial charge is 0.423 e. The highest BCUT2D eigenvalue weighted by Gasteiger charge is 2.58. The molecule has 0 radical (unpaired) electrons. The van der Waals surface area contributed by atoms with E-state index in [0.717, 1.165) is 0 Å². The molecule has 122 valence electrons. The highest BCUT2D eigenvalue weighted by atomic mass is 19.4. The van der Waals surface area contributed by atoms with Crippen LogP contribution in [0.5, 0.6) is 0 Å². The summed E-state index contributed by atoms with van der Waals surface area (Å²) in [5.41, 5.74) is -0.894. The first-order valence-corrected chi connectivity index (χ1v) is 6.42. The van der Waals surface area contributed by atoms with Crippen LogP contribution < -0.4 is 5.32 Å². The molecule has 2 atom stereocenters. The van der Waals surface area contributed by atoms with Crippen molar-refractivity contribution >= 4 is 0 Å². The van der Waals surface area contributed by atoms with Gasteiger partial charge in [-0.15, -0.1) is 0 Å². The van der Waals surface area contributed by atoms with Crippen LogP contribution in [0.15, 0.2) is 0 Å². The second-order valence-corrected chi connectivity index (χ2v) is 5.05. The second kappa shape index (κ2) is 6.40. The van der Waals surface area contributed by atoms with Crippen molar-refractivity contribution in [1.82, 2.24) is 5.32 Å². The van der Waals surface area contributed by atoms with Crippen molar-refractivity contribution in [2.45, 2.75) is 49.7 Å². The van der Waals surface area contributed by atoms with Crippen LogP contribution in [0.4, 0.5) is 26.3 Å². The van der Waals surface area contributed by atoms with Gasteiger partial charge in [0.25, 0.3) is 0 Å². The molecule has 2 unspecified atom stereocenters. The van der Waals surface area contributed by atoms with Gasteiger partial charge in [-0.05, 0) is 32.2 Å². The Kier molecular flexibility index (Phi) is 5.50. The quantitative estimate of drug-likeness (QED) is 0.792. The van der Waals surface area contributed by atoms with Crippen molar-refractivity contribution in [2.24, 2.45) is 5.92 Å². The Labute approximate surface area is 118 Å². The number of alkyl halides is 6. The molecule has 0 heterocycles. The number of nitrogens with one attached hydrogen (secondary N) is 1. The summed E-state index contributed by atoms with van der Waals surface area (Å²) < 4.78 is 77.8. The first-order chi connectivity index (χ1) is 9.57. The van der Waals surface area contributed by atoms with Gasteiger partial charge in [0.2, 0.25) is 6.10 Å². The smallest absolute Gasteiger partial charge is 0.361 e. The molecule has 0 aromatic heterocycles. The Balaban J connectivity index is 2.62. The fourth-order valence-electron chi connectivity index (χ4n) is 2.70. The minimum Gasteiger partial charge on any atom is -0.361 e. The van der Waals surface area contributed by atoms with E-state index in [1.807, 2.05) is 0 Å². The Morgan fingerprint density at radius 1 is 1.29 bits per heavy atom. The van der Waals surface area contributed by atoms with E-state index < -0.39 is 30.6 Å². The lowest BCUT2D eigenvalue weighted by atomic mass is 9.86. The molecular weight excluding hydrogens is 302 g/mol. The molecule has 1 N–H and O–H groups in total. The zero-order chi connectivity index (χ0) is 16.3. The Morgan fingerprint density at radius 3 is 2.29 bits per heavy atom. The van der Waals surface area contributed by atoms with Gasteiger partial charge in [-0.2, -0.15) is 31.6 Å². The van der Waals surface area contributed by atoms with Gasteiger partial charge in [-0.1, -0.05) is 6.42 Å². The predicted molar refractivity (Wildman–Crippen MR) is 61.2 cm³/mol. The summed E-state index contributed by atoms with van der Waals surface area (Å²) in [6.07, 6.45) is -13.0. The van der Waals surface area contributed by atoms with Gasteiger partial charge in [0.05, 0.1) is 6.07 Å². The molecule has 1 rings (SSSR count). The van der Waals surface area contributed by atoms with Crippen molar-refractivity contribution in [1.29, 1.82) is 5.26 Å². The van der Waals surface area contributed by atoms with Crippen LogP contribution in [0.1, 0.15) is 25.7 Å². The Morgan fingerprint density at radius 2 is 1.86 bits per heavy atom. The van der Waals surface area contributed by atoms with Gasteiger partial charge in [-0.25, -0.2) is 0 Å². The third-order valence-electron chi connectivity index (χ3n) is 3.81. The highest BCUT2D eigenvalue weighted by Crippen LogP contribution is 2.39. The van der Waals surface area contributed by atoms with E-state index in [9.17, 15) is 26.3 Å². The molecule has 9 heteroatoms. The fourth-order valence-corrected chi connectivity index (χ4v) is 2.70. The number of nitrogens with zero attached hydrogens (tertiary/aromatic N) is 1. The van der Waals surface area contributed by atoms with Crippen LogP contribution in [0.2, 0.25) is 0 Å². The van der Waals surface area contributed by atoms with Gasteiger partial charge in [0, 0.05) is 6.61 Å². The number of rotatable bonds is 5. The van der Waals surface area contributed by atoms with Gasteiger partial charge in [-0.3, -0.25) is 0 Å². The molecule has 1 fully saturated rings. The van der Waals surface area contributed by atoms with Crippen molar-refractivity contribution < 1.29 is 31.1 Å². The summed E-state index contributed by atoms with van der Waals surface area (Å²) >= 11 is 0. The number of hydrogen-bond acceptors (Lipinski definition) is 3. The number of ether oxygens (including phenoxy) is 1. The normalized spacial score (nSPS) is 27.1. The molecule has 0 saturated heterocycles. The van der Waals surface area contributed by atoms with Crippen LogP contribution in [0, 0.1) is 17.2 Å². The van der Waals surface area contributed by atoms with Gasteiger partial charge in [0.1, 0.15) is 5.54 Å². The molecule has 1 saturated carbocycles. The highest BCUT2D eigenvalue weighted by molar-refractivity contribution is 5.13. The zero-order valence-electron chi connectivity index (χ0n) is 11.3. The summed E-state index contributed by atoms with van der Waals surface area (Å²) in [5, 5.41) is 12.0. The predicted octanol–water partition coefficient (Wildman–Crippen LogP) is 3.17.